The molecule has 0 atom stereocenters. The Hall–Kier alpha value is -1.74. The highest BCUT2D eigenvalue weighted by Gasteiger charge is 2.35. The molecule has 0 radical (unpaired) electrons. The first kappa shape index (κ1) is 25.9. The van der Waals surface area contributed by atoms with Gasteiger partial charge in [-0.25, -0.2) is 16.8 Å². The number of hydrogen-bond acceptors (Lipinski definition) is 4. The highest BCUT2D eigenvalue weighted by atomic mass is 32.2. The van der Waals surface area contributed by atoms with E-state index in [9.17, 15) is 16.8 Å². The first-order chi connectivity index (χ1) is 15.3. The molecule has 3 rings (SSSR count). The van der Waals surface area contributed by atoms with Crippen molar-refractivity contribution in [3.8, 4) is 0 Å². The molecule has 2 aromatic carbocycles. The summed E-state index contributed by atoms with van der Waals surface area (Å²) in [6.07, 6.45) is 0.896. The van der Waals surface area contributed by atoms with Crippen molar-refractivity contribution in [2.45, 2.75) is 64.7 Å². The van der Waals surface area contributed by atoms with Crippen LogP contribution in [-0.2, 0) is 26.5 Å². The van der Waals surface area contributed by atoms with Crippen molar-refractivity contribution in [1.82, 2.24) is 8.61 Å². The third-order valence-electron chi connectivity index (χ3n) is 6.93. The Labute approximate surface area is 199 Å². The molecule has 0 spiro atoms. The van der Waals surface area contributed by atoms with Crippen molar-refractivity contribution in [2.24, 2.45) is 5.92 Å². The maximum absolute atomic E-state index is 13.6. The second-order valence-electron chi connectivity index (χ2n) is 9.50. The Kier molecular flexibility index (Phi) is 7.44. The van der Waals surface area contributed by atoms with Gasteiger partial charge in [0.15, 0.2) is 0 Å². The minimum atomic E-state index is -3.72. The quantitative estimate of drug-likeness (QED) is 0.608. The Morgan fingerprint density at radius 2 is 1.06 bits per heavy atom. The van der Waals surface area contributed by atoms with Crippen LogP contribution >= 0.6 is 0 Å². The van der Waals surface area contributed by atoms with E-state index < -0.39 is 20.0 Å². The summed E-state index contributed by atoms with van der Waals surface area (Å²) in [5.74, 6) is 0.496. The van der Waals surface area contributed by atoms with Gasteiger partial charge in [-0.15, -0.1) is 0 Å². The molecule has 1 aliphatic heterocycles. The minimum absolute atomic E-state index is 0.136. The smallest absolute Gasteiger partial charge is 0.207 e. The van der Waals surface area contributed by atoms with Gasteiger partial charge in [-0.3, -0.25) is 0 Å². The van der Waals surface area contributed by atoms with Gasteiger partial charge < -0.3 is 0 Å². The van der Waals surface area contributed by atoms with Gasteiger partial charge in [0.05, 0.1) is 9.79 Å². The Balaban J connectivity index is 1.81. The van der Waals surface area contributed by atoms with Crippen LogP contribution in [0.25, 0.3) is 0 Å². The molecule has 0 N–H and O–H groups in total. The zero-order chi connectivity index (χ0) is 24.7. The van der Waals surface area contributed by atoms with E-state index in [1.807, 2.05) is 46.8 Å². The van der Waals surface area contributed by atoms with Crippen molar-refractivity contribution in [2.75, 3.05) is 26.2 Å². The topological polar surface area (TPSA) is 74.8 Å². The lowest BCUT2D eigenvalue weighted by atomic mass is 9.95. The first-order valence-electron chi connectivity index (χ1n) is 11.4. The molecule has 0 unspecified atom stereocenters. The Morgan fingerprint density at radius 3 is 1.48 bits per heavy atom. The van der Waals surface area contributed by atoms with Crippen molar-refractivity contribution < 1.29 is 16.8 Å². The van der Waals surface area contributed by atoms with Gasteiger partial charge in [0.1, 0.15) is 0 Å². The van der Waals surface area contributed by atoms with Crippen LogP contribution in [0.3, 0.4) is 0 Å². The van der Waals surface area contributed by atoms with Crippen molar-refractivity contribution >= 4 is 20.0 Å². The summed E-state index contributed by atoms with van der Waals surface area (Å²) in [6.45, 7) is 14.4. The SMILES string of the molecule is Cc1c(C)c(C)c(S(=O)(=O)N2CCN(S(=O)(=O)c3ccc(CC(C)C)cc3)CC2)c(C)c1C. The van der Waals surface area contributed by atoms with Gasteiger partial charge in [-0.2, -0.15) is 8.61 Å². The van der Waals surface area contributed by atoms with Crippen LogP contribution in [0.15, 0.2) is 34.1 Å². The lowest BCUT2D eigenvalue weighted by Gasteiger charge is -2.34. The minimum Gasteiger partial charge on any atom is -0.207 e. The summed E-state index contributed by atoms with van der Waals surface area (Å²) in [6, 6.07) is 7.03. The molecule has 2 aromatic rings. The van der Waals surface area contributed by atoms with Crippen LogP contribution in [0.5, 0.6) is 0 Å². The highest BCUT2D eigenvalue weighted by molar-refractivity contribution is 7.89. The predicted molar refractivity (Wildman–Crippen MR) is 133 cm³/mol. The molecule has 0 bridgehead atoms. The summed E-state index contributed by atoms with van der Waals surface area (Å²) in [4.78, 5) is 0.614. The summed E-state index contributed by atoms with van der Waals surface area (Å²) in [7, 11) is -7.39. The van der Waals surface area contributed by atoms with E-state index in [-0.39, 0.29) is 31.1 Å². The van der Waals surface area contributed by atoms with Crippen LogP contribution in [0.1, 0.15) is 47.2 Å². The van der Waals surface area contributed by atoms with Gasteiger partial charge in [0.2, 0.25) is 20.0 Å². The molecule has 0 aliphatic carbocycles. The third-order valence-corrected chi connectivity index (χ3v) is 11.0. The highest BCUT2D eigenvalue weighted by Crippen LogP contribution is 2.32. The molecule has 6 nitrogen and oxygen atoms in total. The Morgan fingerprint density at radius 1 is 0.667 bits per heavy atom. The summed E-state index contributed by atoms with van der Waals surface area (Å²) < 4.78 is 56.2. The number of hydrogen-bond donors (Lipinski definition) is 0. The second-order valence-corrected chi connectivity index (χ2v) is 13.3. The zero-order valence-corrected chi connectivity index (χ0v) is 22.4. The fraction of sp³-hybridized carbons (Fsp3) is 0.520. The summed E-state index contributed by atoms with van der Waals surface area (Å²) in [5.41, 5.74) is 5.73. The van der Waals surface area contributed by atoms with Crippen molar-refractivity contribution in [1.29, 1.82) is 0 Å². The number of sulfonamides is 2. The molecule has 33 heavy (non-hydrogen) atoms. The van der Waals surface area contributed by atoms with Gasteiger partial charge >= 0.3 is 0 Å². The second kappa shape index (κ2) is 9.49. The van der Waals surface area contributed by atoms with E-state index in [0.717, 1.165) is 39.8 Å². The number of piperazine rings is 1. The van der Waals surface area contributed by atoms with E-state index in [2.05, 4.69) is 13.8 Å². The molecule has 1 fully saturated rings. The molecule has 182 valence electrons. The van der Waals surface area contributed by atoms with Crippen LogP contribution in [0.2, 0.25) is 0 Å². The maximum atomic E-state index is 13.6. The number of benzene rings is 2. The monoisotopic (exact) mass is 492 g/mol. The summed E-state index contributed by atoms with van der Waals surface area (Å²) in [5, 5.41) is 0. The standard InChI is InChI=1S/C25H36N2O4S2/c1-17(2)16-23-8-10-24(11-9-23)32(28,29)26-12-14-27(15-13-26)33(30,31)25-21(6)19(4)18(3)20(5)22(25)7/h8-11,17H,12-16H2,1-7H3. The van der Waals surface area contributed by atoms with E-state index in [0.29, 0.717) is 10.8 Å². The van der Waals surface area contributed by atoms with Crippen LogP contribution < -0.4 is 0 Å². The molecule has 1 heterocycles. The molecule has 8 heteroatoms. The van der Waals surface area contributed by atoms with Crippen LogP contribution in [-0.4, -0.2) is 51.6 Å². The zero-order valence-electron chi connectivity index (χ0n) is 20.8. The molecule has 0 saturated carbocycles. The summed E-state index contributed by atoms with van der Waals surface area (Å²) >= 11 is 0. The molecule has 0 aromatic heterocycles. The van der Waals surface area contributed by atoms with E-state index in [1.165, 1.54) is 8.61 Å². The molecule has 1 aliphatic rings. The predicted octanol–water partition coefficient (Wildman–Crippen LogP) is 4.12. The fourth-order valence-corrected chi connectivity index (χ4v) is 7.95. The number of nitrogens with zero attached hydrogens (tertiary/aromatic N) is 2. The molecular formula is C25H36N2O4S2. The van der Waals surface area contributed by atoms with E-state index in [4.69, 9.17) is 0 Å². The first-order valence-corrected chi connectivity index (χ1v) is 14.3. The van der Waals surface area contributed by atoms with E-state index >= 15 is 0 Å². The van der Waals surface area contributed by atoms with Crippen LogP contribution in [0, 0.1) is 40.5 Å². The van der Waals surface area contributed by atoms with Gasteiger partial charge in [0, 0.05) is 26.2 Å². The third kappa shape index (κ3) is 4.90. The fourth-order valence-electron chi connectivity index (χ4n) is 4.55. The lowest BCUT2D eigenvalue weighted by molar-refractivity contribution is 0.272. The largest absolute Gasteiger partial charge is 0.243 e. The average Bonchev–Trinajstić information content (AvgIpc) is 2.76. The van der Waals surface area contributed by atoms with E-state index in [1.54, 1.807) is 12.1 Å². The molecule has 0 amide bonds. The van der Waals surface area contributed by atoms with Gasteiger partial charge in [-0.1, -0.05) is 26.0 Å². The van der Waals surface area contributed by atoms with Crippen molar-refractivity contribution in [3.63, 3.8) is 0 Å². The normalized spacial score (nSPS) is 16.5. The van der Waals surface area contributed by atoms with Crippen LogP contribution in [0.4, 0.5) is 0 Å². The van der Waals surface area contributed by atoms with Gasteiger partial charge in [0.25, 0.3) is 0 Å². The average molecular weight is 493 g/mol. The maximum Gasteiger partial charge on any atom is 0.243 e. The molecule has 1 saturated heterocycles. The van der Waals surface area contributed by atoms with Gasteiger partial charge in [-0.05, 0) is 92.5 Å². The number of rotatable bonds is 6. The Bertz CT molecular complexity index is 1210. The van der Waals surface area contributed by atoms with Crippen molar-refractivity contribution in [3.05, 3.63) is 57.6 Å². The molecular weight excluding hydrogens is 456 g/mol. The lowest BCUT2D eigenvalue weighted by Crippen LogP contribution is -2.50.